The molecular formula is C13H13BrFN3O2. The molecule has 0 saturated carbocycles. The number of benzene rings is 1. The van der Waals surface area contributed by atoms with Crippen molar-refractivity contribution in [3.63, 3.8) is 0 Å². The highest BCUT2D eigenvalue weighted by Gasteiger charge is 2.19. The highest BCUT2D eigenvalue weighted by Crippen LogP contribution is 2.26. The molecule has 0 atom stereocenters. The molecule has 0 bridgehead atoms. The average molecular weight is 342 g/mol. The fourth-order valence-electron chi connectivity index (χ4n) is 1.80. The summed E-state index contributed by atoms with van der Waals surface area (Å²) in [6.45, 7) is 3.74. The fraction of sp³-hybridized carbons (Fsp3) is 0.231. The van der Waals surface area contributed by atoms with Gasteiger partial charge in [-0.25, -0.2) is 14.2 Å². The number of rotatable bonds is 3. The maximum Gasteiger partial charge on any atom is 0.360 e. The Bertz CT molecular complexity index is 670. The first-order valence-electron chi connectivity index (χ1n) is 5.91. The predicted octanol–water partition coefficient (Wildman–Crippen LogP) is 2.84. The van der Waals surface area contributed by atoms with E-state index in [0.29, 0.717) is 10.2 Å². The zero-order valence-electron chi connectivity index (χ0n) is 11.0. The molecule has 0 unspecified atom stereocenters. The molecule has 2 N–H and O–H groups in total. The van der Waals surface area contributed by atoms with E-state index >= 15 is 0 Å². The Morgan fingerprint density at radius 2 is 2.25 bits per heavy atom. The van der Waals surface area contributed by atoms with Crippen LogP contribution in [0, 0.1) is 12.7 Å². The number of anilines is 1. The van der Waals surface area contributed by atoms with Gasteiger partial charge in [0, 0.05) is 0 Å². The first-order valence-corrected chi connectivity index (χ1v) is 6.71. The first-order chi connectivity index (χ1) is 9.45. The normalized spacial score (nSPS) is 10.6. The summed E-state index contributed by atoms with van der Waals surface area (Å²) in [4.78, 5) is 15.6. The molecule has 0 amide bonds. The zero-order valence-corrected chi connectivity index (χ0v) is 12.6. The number of hydrogen-bond acceptors (Lipinski definition) is 4. The minimum atomic E-state index is -0.598. The van der Waals surface area contributed by atoms with Crippen LogP contribution in [-0.4, -0.2) is 22.1 Å². The Balaban J connectivity index is 2.50. The summed E-state index contributed by atoms with van der Waals surface area (Å²) in [5, 5.41) is 0. The number of halogens is 2. The molecule has 0 saturated heterocycles. The number of nitrogen functional groups attached to an aromatic ring is 1. The van der Waals surface area contributed by atoms with Crippen LogP contribution >= 0.6 is 15.9 Å². The second kappa shape index (κ2) is 5.62. The number of aryl methyl sites for hydroxylation is 1. The summed E-state index contributed by atoms with van der Waals surface area (Å²) in [7, 11) is 0. The number of hydrogen-bond donors (Lipinski definition) is 1. The second-order valence-electron chi connectivity index (χ2n) is 4.12. The molecule has 0 aliphatic rings. The molecule has 0 fully saturated rings. The van der Waals surface area contributed by atoms with Gasteiger partial charge in [-0.05, 0) is 47.5 Å². The lowest BCUT2D eigenvalue weighted by molar-refractivity contribution is 0.0521. The minimum absolute atomic E-state index is 0.0228. The fourth-order valence-corrected chi connectivity index (χ4v) is 2.26. The second-order valence-corrected chi connectivity index (χ2v) is 4.98. The molecule has 1 heterocycles. The van der Waals surface area contributed by atoms with Crippen LogP contribution in [0.3, 0.4) is 0 Å². The third kappa shape index (κ3) is 2.53. The third-order valence-electron chi connectivity index (χ3n) is 2.77. The van der Waals surface area contributed by atoms with Gasteiger partial charge in [-0.2, -0.15) is 0 Å². The van der Waals surface area contributed by atoms with E-state index in [2.05, 4.69) is 20.9 Å². The zero-order chi connectivity index (χ0) is 14.9. The highest BCUT2D eigenvalue weighted by atomic mass is 79.9. The van der Waals surface area contributed by atoms with Crippen LogP contribution in [0.15, 0.2) is 22.9 Å². The molecule has 106 valence electrons. The van der Waals surface area contributed by atoms with Gasteiger partial charge in [0.15, 0.2) is 5.69 Å². The van der Waals surface area contributed by atoms with E-state index in [1.807, 2.05) is 6.92 Å². The quantitative estimate of drug-likeness (QED) is 0.871. The average Bonchev–Trinajstić information content (AvgIpc) is 2.76. The van der Waals surface area contributed by atoms with Crippen molar-refractivity contribution in [2.24, 2.45) is 0 Å². The van der Waals surface area contributed by atoms with Gasteiger partial charge < -0.3 is 10.5 Å². The number of esters is 1. The molecule has 0 radical (unpaired) electrons. The molecule has 0 spiro atoms. The predicted molar refractivity (Wildman–Crippen MR) is 76.3 cm³/mol. The Hall–Kier alpha value is -1.89. The topological polar surface area (TPSA) is 70.1 Å². The number of nitrogens with zero attached hydrogens (tertiary/aromatic N) is 2. The number of carbonyl (C=O) groups is 1. The largest absolute Gasteiger partial charge is 0.461 e. The number of ether oxygens (including phenoxy) is 1. The van der Waals surface area contributed by atoms with Crippen LogP contribution in [-0.2, 0) is 4.74 Å². The summed E-state index contributed by atoms with van der Waals surface area (Å²) < 4.78 is 20.3. The molecule has 2 aromatic rings. The Morgan fingerprint density at radius 3 is 2.90 bits per heavy atom. The Labute approximate surface area is 123 Å². The molecular weight excluding hydrogens is 329 g/mol. The summed E-state index contributed by atoms with van der Waals surface area (Å²) in [6, 6.07) is 2.96. The Kier molecular flexibility index (Phi) is 4.08. The van der Waals surface area contributed by atoms with E-state index in [1.54, 1.807) is 13.0 Å². The van der Waals surface area contributed by atoms with E-state index < -0.39 is 11.8 Å². The number of imidazole rings is 1. The molecule has 1 aromatic carbocycles. The van der Waals surface area contributed by atoms with Crippen molar-refractivity contribution in [1.82, 2.24) is 9.55 Å². The SMILES string of the molecule is CCOC(=O)c1ncn(-c2cc(F)c(Br)cc2C)c1N. The van der Waals surface area contributed by atoms with E-state index in [0.717, 1.165) is 5.56 Å². The summed E-state index contributed by atoms with van der Waals surface area (Å²) in [5.41, 5.74) is 7.22. The molecule has 0 aliphatic heterocycles. The van der Waals surface area contributed by atoms with Gasteiger partial charge in [0.2, 0.25) is 0 Å². The van der Waals surface area contributed by atoms with E-state index in [4.69, 9.17) is 10.5 Å². The van der Waals surface area contributed by atoms with Gasteiger partial charge in [0.25, 0.3) is 0 Å². The van der Waals surface area contributed by atoms with Crippen molar-refractivity contribution in [1.29, 1.82) is 0 Å². The van der Waals surface area contributed by atoms with Crippen molar-refractivity contribution in [2.75, 3.05) is 12.3 Å². The van der Waals surface area contributed by atoms with Crippen molar-refractivity contribution < 1.29 is 13.9 Å². The van der Waals surface area contributed by atoms with Gasteiger partial charge in [-0.1, -0.05) is 0 Å². The monoisotopic (exact) mass is 341 g/mol. The van der Waals surface area contributed by atoms with Gasteiger partial charge in [-0.15, -0.1) is 0 Å². The first kappa shape index (κ1) is 14.5. The van der Waals surface area contributed by atoms with Crippen LogP contribution in [0.1, 0.15) is 23.0 Å². The maximum atomic E-state index is 13.6. The number of nitrogens with two attached hydrogens (primary N) is 1. The van der Waals surface area contributed by atoms with Crippen molar-refractivity contribution in [3.05, 3.63) is 40.0 Å². The van der Waals surface area contributed by atoms with Crippen LogP contribution in [0.25, 0.3) is 5.69 Å². The van der Waals surface area contributed by atoms with Crippen LogP contribution in [0.5, 0.6) is 0 Å². The highest BCUT2D eigenvalue weighted by molar-refractivity contribution is 9.10. The molecule has 2 rings (SSSR count). The van der Waals surface area contributed by atoms with E-state index in [1.165, 1.54) is 17.0 Å². The van der Waals surface area contributed by atoms with Crippen molar-refractivity contribution in [2.45, 2.75) is 13.8 Å². The number of aromatic nitrogens is 2. The van der Waals surface area contributed by atoms with Crippen molar-refractivity contribution in [3.8, 4) is 5.69 Å². The minimum Gasteiger partial charge on any atom is -0.461 e. The standard InChI is InChI=1S/C13H13BrFN3O2/c1-3-20-13(19)11-12(16)18(6-17-11)10-5-9(15)8(14)4-7(10)2/h4-6H,3,16H2,1-2H3. The molecule has 0 aliphatic carbocycles. The van der Waals surface area contributed by atoms with E-state index in [-0.39, 0.29) is 18.1 Å². The van der Waals surface area contributed by atoms with Crippen LogP contribution < -0.4 is 5.73 Å². The van der Waals surface area contributed by atoms with Gasteiger partial charge >= 0.3 is 5.97 Å². The lowest BCUT2D eigenvalue weighted by atomic mass is 10.2. The molecule has 7 heteroatoms. The van der Waals surface area contributed by atoms with E-state index in [9.17, 15) is 9.18 Å². The smallest absolute Gasteiger partial charge is 0.360 e. The van der Waals surface area contributed by atoms with Gasteiger partial charge in [0.1, 0.15) is 18.0 Å². The molecule has 20 heavy (non-hydrogen) atoms. The lowest BCUT2D eigenvalue weighted by Crippen LogP contribution is -2.10. The van der Waals surface area contributed by atoms with Crippen molar-refractivity contribution >= 4 is 27.7 Å². The number of carbonyl (C=O) groups excluding carboxylic acids is 1. The van der Waals surface area contributed by atoms with Crippen LogP contribution in [0.4, 0.5) is 10.2 Å². The van der Waals surface area contributed by atoms with Gasteiger partial charge in [-0.3, -0.25) is 4.57 Å². The lowest BCUT2D eigenvalue weighted by Gasteiger charge is -2.10. The molecule has 1 aromatic heterocycles. The summed E-state index contributed by atoms with van der Waals surface area (Å²) in [5.74, 6) is -0.899. The van der Waals surface area contributed by atoms with Crippen LogP contribution in [0.2, 0.25) is 0 Å². The third-order valence-corrected chi connectivity index (χ3v) is 3.38. The Morgan fingerprint density at radius 1 is 1.55 bits per heavy atom. The summed E-state index contributed by atoms with van der Waals surface area (Å²) >= 11 is 3.11. The summed E-state index contributed by atoms with van der Waals surface area (Å²) in [6.07, 6.45) is 1.37. The molecule has 5 nitrogen and oxygen atoms in total. The maximum absolute atomic E-state index is 13.6. The van der Waals surface area contributed by atoms with Gasteiger partial charge in [0.05, 0.1) is 16.8 Å².